The van der Waals surface area contributed by atoms with Gasteiger partial charge in [0.1, 0.15) is 17.3 Å². The number of imidazole rings is 1. The maximum atomic E-state index is 12.5. The minimum atomic E-state index is -0.274. The third kappa shape index (κ3) is 4.58. The molecule has 1 aromatic carbocycles. The van der Waals surface area contributed by atoms with E-state index in [0.29, 0.717) is 24.4 Å². The van der Waals surface area contributed by atoms with Gasteiger partial charge in [-0.05, 0) is 37.6 Å². The molecule has 0 saturated heterocycles. The lowest BCUT2D eigenvalue weighted by molar-refractivity contribution is 0.391. The van der Waals surface area contributed by atoms with Gasteiger partial charge in [0.2, 0.25) is 5.78 Å². The average molecular weight is 407 g/mol. The predicted molar refractivity (Wildman–Crippen MR) is 115 cm³/mol. The summed E-state index contributed by atoms with van der Waals surface area (Å²) in [7, 11) is 0. The van der Waals surface area contributed by atoms with Gasteiger partial charge in [0, 0.05) is 18.8 Å². The van der Waals surface area contributed by atoms with E-state index in [-0.39, 0.29) is 5.56 Å². The van der Waals surface area contributed by atoms with Crippen LogP contribution in [0.1, 0.15) is 23.4 Å². The van der Waals surface area contributed by atoms with Gasteiger partial charge in [-0.2, -0.15) is 4.98 Å². The molecule has 0 saturated carbocycles. The van der Waals surface area contributed by atoms with E-state index in [1.165, 1.54) is 0 Å². The lowest BCUT2D eigenvalue weighted by Crippen LogP contribution is -2.17. The van der Waals surface area contributed by atoms with Gasteiger partial charge < -0.3 is 25.9 Å². The molecule has 30 heavy (non-hydrogen) atoms. The lowest BCUT2D eigenvalue weighted by Gasteiger charge is -2.06. The van der Waals surface area contributed by atoms with Crippen molar-refractivity contribution in [3.05, 3.63) is 70.1 Å². The molecule has 0 aliphatic heterocycles. The van der Waals surface area contributed by atoms with E-state index in [1.54, 1.807) is 10.6 Å². The summed E-state index contributed by atoms with van der Waals surface area (Å²) in [5.41, 5.74) is 8.56. The molecule has 0 aliphatic rings. The Kier molecular flexibility index (Phi) is 5.92. The van der Waals surface area contributed by atoms with E-state index in [4.69, 9.17) is 10.3 Å². The Morgan fingerprint density at radius 2 is 2.03 bits per heavy atom. The first kappa shape index (κ1) is 19.9. The van der Waals surface area contributed by atoms with Crippen LogP contribution >= 0.6 is 0 Å². The van der Waals surface area contributed by atoms with Crippen LogP contribution in [0.5, 0.6) is 0 Å². The van der Waals surface area contributed by atoms with Crippen LogP contribution in [0.4, 0.5) is 5.82 Å². The quantitative estimate of drug-likeness (QED) is 0.313. The first-order chi connectivity index (χ1) is 14.6. The van der Waals surface area contributed by atoms with Crippen molar-refractivity contribution < 1.29 is 4.52 Å². The second-order valence-electron chi connectivity index (χ2n) is 7.16. The largest absolute Gasteiger partial charge is 0.365 e. The van der Waals surface area contributed by atoms with Gasteiger partial charge in [-0.25, -0.2) is 0 Å². The molecule has 0 radical (unpaired) electrons. The van der Waals surface area contributed by atoms with E-state index in [0.717, 1.165) is 47.9 Å². The maximum Gasteiger partial charge on any atom is 0.282 e. The molecule has 0 fully saturated rings. The number of aryl methyl sites for hydroxylation is 1. The van der Waals surface area contributed by atoms with E-state index in [2.05, 4.69) is 25.8 Å². The number of hydrogen-bond donors (Lipinski definition) is 4. The highest BCUT2D eigenvalue weighted by Gasteiger charge is 2.09. The Morgan fingerprint density at radius 1 is 1.20 bits per heavy atom. The van der Waals surface area contributed by atoms with Crippen molar-refractivity contribution in [3.8, 4) is 11.1 Å². The number of H-pyrrole nitrogens is 1. The normalized spacial score (nSPS) is 11.3. The molecule has 156 valence electrons. The molecule has 5 N–H and O–H groups in total. The van der Waals surface area contributed by atoms with Crippen molar-refractivity contribution in [2.75, 3.05) is 18.4 Å². The van der Waals surface area contributed by atoms with Gasteiger partial charge in [0.25, 0.3) is 5.56 Å². The number of aromatic amines is 1. The third-order valence-corrected chi connectivity index (χ3v) is 4.75. The zero-order chi connectivity index (χ0) is 20.9. The smallest absolute Gasteiger partial charge is 0.282 e. The molecule has 0 amide bonds. The summed E-state index contributed by atoms with van der Waals surface area (Å²) >= 11 is 0. The zero-order valence-electron chi connectivity index (χ0n) is 16.8. The van der Waals surface area contributed by atoms with Crippen molar-refractivity contribution in [3.63, 3.8) is 0 Å². The third-order valence-electron chi connectivity index (χ3n) is 4.75. The number of nitrogens with zero attached hydrogens (tertiary/aromatic N) is 3. The molecule has 4 rings (SSSR count). The number of aromatic nitrogens is 4. The second-order valence-corrected chi connectivity index (χ2v) is 7.16. The van der Waals surface area contributed by atoms with E-state index in [9.17, 15) is 4.79 Å². The monoisotopic (exact) mass is 407 g/mol. The fourth-order valence-electron chi connectivity index (χ4n) is 3.19. The van der Waals surface area contributed by atoms with Gasteiger partial charge in [-0.1, -0.05) is 29.4 Å². The fourth-order valence-corrected chi connectivity index (χ4v) is 3.19. The number of nitrogens with two attached hydrogens (primary N) is 1. The van der Waals surface area contributed by atoms with Crippen LogP contribution in [0, 0.1) is 6.92 Å². The highest BCUT2D eigenvalue weighted by Crippen LogP contribution is 2.18. The van der Waals surface area contributed by atoms with Gasteiger partial charge in [-0.3, -0.25) is 9.20 Å². The Morgan fingerprint density at radius 3 is 2.77 bits per heavy atom. The Hall–Kier alpha value is -3.43. The second kappa shape index (κ2) is 8.93. The lowest BCUT2D eigenvalue weighted by atomic mass is 10.1. The molecular formula is C21H25N7O2. The first-order valence-electron chi connectivity index (χ1n) is 9.90. The highest BCUT2D eigenvalue weighted by molar-refractivity contribution is 5.63. The molecule has 0 unspecified atom stereocenters. The summed E-state index contributed by atoms with van der Waals surface area (Å²) in [6.45, 7) is 4.69. The van der Waals surface area contributed by atoms with E-state index < -0.39 is 0 Å². The van der Waals surface area contributed by atoms with Crippen LogP contribution in [0.15, 0.2) is 52.0 Å². The van der Waals surface area contributed by atoms with Crippen LogP contribution in [0.3, 0.4) is 0 Å². The maximum absolute atomic E-state index is 12.5. The number of fused-ring (bicyclic) bond motifs is 1. The van der Waals surface area contributed by atoms with Crippen LogP contribution in [0.2, 0.25) is 0 Å². The van der Waals surface area contributed by atoms with E-state index >= 15 is 0 Å². The summed E-state index contributed by atoms with van der Waals surface area (Å²) in [6.07, 6.45) is 4.60. The fraction of sp³-hybridized carbons (Fsp3) is 0.286. The molecule has 0 aliphatic carbocycles. The van der Waals surface area contributed by atoms with Crippen molar-refractivity contribution >= 4 is 11.6 Å². The van der Waals surface area contributed by atoms with Crippen molar-refractivity contribution in [1.82, 2.24) is 24.8 Å². The van der Waals surface area contributed by atoms with Crippen molar-refractivity contribution in [2.45, 2.75) is 26.4 Å². The average Bonchev–Trinajstić information content (AvgIpc) is 3.34. The van der Waals surface area contributed by atoms with Gasteiger partial charge in [-0.15, -0.1) is 0 Å². The van der Waals surface area contributed by atoms with Crippen molar-refractivity contribution in [2.24, 2.45) is 5.73 Å². The molecule has 9 heteroatoms. The summed E-state index contributed by atoms with van der Waals surface area (Å²) in [6, 6.07) is 9.80. The van der Waals surface area contributed by atoms with Crippen LogP contribution in [-0.4, -0.2) is 32.6 Å². The number of nitrogens with one attached hydrogen (secondary N) is 3. The Labute approximate surface area is 173 Å². The Bertz CT molecular complexity index is 1170. The highest BCUT2D eigenvalue weighted by atomic mass is 16.5. The predicted octanol–water partition coefficient (Wildman–Crippen LogP) is 2.04. The molecule has 9 nitrogen and oxygen atoms in total. The van der Waals surface area contributed by atoms with Crippen LogP contribution in [-0.2, 0) is 13.1 Å². The van der Waals surface area contributed by atoms with E-state index in [1.807, 2.05) is 43.5 Å². The number of anilines is 1. The number of hydrogen-bond acceptors (Lipinski definition) is 7. The molecule has 3 aromatic heterocycles. The number of rotatable bonds is 9. The first-order valence-corrected chi connectivity index (χ1v) is 9.90. The standard InChI is InChI=1S/C21H25N7O2/c1-14-9-17(27-30-14)11-24-19-13-28-12-18(20(29)26-21(28)25-19)16-5-3-15(4-6-16)10-23-8-2-7-22/h3-6,9,12-13,23-24H,2,7-8,10-11,22H2,1H3,(H,25,26,29). The molecule has 0 bridgehead atoms. The van der Waals surface area contributed by atoms with Crippen LogP contribution in [0.25, 0.3) is 16.9 Å². The Balaban J connectivity index is 1.49. The molecule has 3 heterocycles. The van der Waals surface area contributed by atoms with Gasteiger partial charge in [0.15, 0.2) is 0 Å². The van der Waals surface area contributed by atoms with Gasteiger partial charge in [0.05, 0.1) is 18.3 Å². The summed E-state index contributed by atoms with van der Waals surface area (Å²) in [5.74, 6) is 1.97. The summed E-state index contributed by atoms with van der Waals surface area (Å²) in [4.78, 5) is 19.8. The molecule has 0 atom stereocenters. The summed E-state index contributed by atoms with van der Waals surface area (Å²) in [5, 5.41) is 10.5. The van der Waals surface area contributed by atoms with Gasteiger partial charge >= 0.3 is 0 Å². The SMILES string of the molecule is Cc1cc(CNc2cn3cc(-c4ccc(CNCCCN)cc4)c(=O)nc3[nH]2)no1. The van der Waals surface area contributed by atoms with Crippen molar-refractivity contribution in [1.29, 1.82) is 0 Å². The molecule has 4 aromatic rings. The minimum Gasteiger partial charge on any atom is -0.365 e. The van der Waals surface area contributed by atoms with Crippen LogP contribution < -0.4 is 21.9 Å². The molecule has 0 spiro atoms. The topological polar surface area (TPSA) is 126 Å². The zero-order valence-corrected chi connectivity index (χ0v) is 16.8. The molecular weight excluding hydrogens is 382 g/mol. The number of benzene rings is 1. The summed E-state index contributed by atoms with van der Waals surface area (Å²) < 4.78 is 6.87. The minimum absolute atomic E-state index is 0.274.